The topological polar surface area (TPSA) is 86.2 Å². The molecule has 1 unspecified atom stereocenters. The lowest BCUT2D eigenvalue weighted by molar-refractivity contribution is -0.126. The Balaban J connectivity index is 3.73. The molecule has 0 saturated carbocycles. The summed E-state index contributed by atoms with van der Waals surface area (Å²) in [5, 5.41) is 0. The molecule has 0 radical (unpaired) electrons. The van der Waals surface area contributed by atoms with E-state index in [9.17, 15) is 9.59 Å². The van der Waals surface area contributed by atoms with E-state index < -0.39 is 6.04 Å². The third kappa shape index (κ3) is 3.32. The van der Waals surface area contributed by atoms with Crippen LogP contribution in [-0.4, -0.2) is 24.2 Å². The van der Waals surface area contributed by atoms with E-state index in [0.29, 0.717) is 0 Å². The SMILES string of the molecule is CC(=O)CC(=O)C(N)CN. The lowest BCUT2D eigenvalue weighted by Gasteiger charge is -2.03. The largest absolute Gasteiger partial charge is 0.328 e. The van der Waals surface area contributed by atoms with Gasteiger partial charge in [-0.15, -0.1) is 0 Å². The highest BCUT2D eigenvalue weighted by atomic mass is 16.1. The van der Waals surface area contributed by atoms with E-state index in [1.54, 1.807) is 0 Å². The summed E-state index contributed by atoms with van der Waals surface area (Å²) in [7, 11) is 0. The molecule has 0 aliphatic rings. The third-order valence-corrected chi connectivity index (χ3v) is 1.09. The average Bonchev–Trinajstić information content (AvgIpc) is 1.85. The molecule has 0 aliphatic heterocycles. The summed E-state index contributed by atoms with van der Waals surface area (Å²) in [4.78, 5) is 21.1. The van der Waals surface area contributed by atoms with Crippen molar-refractivity contribution in [1.82, 2.24) is 0 Å². The molecular formula is C6H12N2O2. The summed E-state index contributed by atoms with van der Waals surface area (Å²) in [6.07, 6.45) is -0.0988. The first-order valence-corrected chi connectivity index (χ1v) is 3.05. The van der Waals surface area contributed by atoms with Gasteiger partial charge in [0, 0.05) is 6.54 Å². The molecule has 0 bridgehead atoms. The van der Waals surface area contributed by atoms with E-state index in [1.807, 2.05) is 0 Å². The van der Waals surface area contributed by atoms with Gasteiger partial charge in [-0.1, -0.05) is 0 Å². The maximum absolute atomic E-state index is 10.8. The molecule has 0 spiro atoms. The van der Waals surface area contributed by atoms with E-state index in [1.165, 1.54) is 6.92 Å². The van der Waals surface area contributed by atoms with Gasteiger partial charge < -0.3 is 11.5 Å². The molecule has 4 N–H and O–H groups in total. The van der Waals surface area contributed by atoms with Crippen molar-refractivity contribution in [2.45, 2.75) is 19.4 Å². The van der Waals surface area contributed by atoms with Crippen LogP contribution in [0, 0.1) is 0 Å². The maximum Gasteiger partial charge on any atom is 0.158 e. The van der Waals surface area contributed by atoms with Gasteiger partial charge in [0.05, 0.1) is 12.5 Å². The van der Waals surface area contributed by atoms with E-state index >= 15 is 0 Å². The minimum atomic E-state index is -0.677. The standard InChI is InChI=1S/C6H12N2O2/c1-4(9)2-6(10)5(8)3-7/h5H,2-3,7-8H2,1H3. The summed E-state index contributed by atoms with van der Waals surface area (Å²) in [6, 6.07) is -0.677. The predicted octanol–water partition coefficient (Wildman–Crippen LogP) is -1.18. The second kappa shape index (κ2) is 4.14. The Hall–Kier alpha value is -0.740. The number of nitrogens with two attached hydrogens (primary N) is 2. The Kier molecular flexibility index (Phi) is 3.83. The Morgan fingerprint density at radius 1 is 1.50 bits per heavy atom. The minimum Gasteiger partial charge on any atom is -0.328 e. The lowest BCUT2D eigenvalue weighted by atomic mass is 10.1. The summed E-state index contributed by atoms with van der Waals surface area (Å²) in [5.74, 6) is -0.455. The quantitative estimate of drug-likeness (QED) is 0.486. The van der Waals surface area contributed by atoms with Crippen molar-refractivity contribution in [2.75, 3.05) is 6.54 Å². The van der Waals surface area contributed by atoms with Crippen molar-refractivity contribution in [3.63, 3.8) is 0 Å². The van der Waals surface area contributed by atoms with Crippen molar-refractivity contribution in [3.05, 3.63) is 0 Å². The Labute approximate surface area is 59.6 Å². The molecule has 0 aromatic rings. The first-order valence-electron chi connectivity index (χ1n) is 3.05. The Morgan fingerprint density at radius 2 is 2.00 bits per heavy atom. The highest BCUT2D eigenvalue weighted by molar-refractivity contribution is 6.00. The van der Waals surface area contributed by atoms with Gasteiger partial charge >= 0.3 is 0 Å². The molecule has 10 heavy (non-hydrogen) atoms. The van der Waals surface area contributed by atoms with Gasteiger partial charge in [0.15, 0.2) is 5.78 Å². The summed E-state index contributed by atoms with van der Waals surface area (Å²) in [6.45, 7) is 1.45. The number of Topliss-reactive ketones (excluding diaryl/α,β-unsaturated/α-hetero) is 2. The maximum atomic E-state index is 10.8. The number of carbonyl (C=O) groups is 2. The van der Waals surface area contributed by atoms with Gasteiger partial charge in [0.2, 0.25) is 0 Å². The van der Waals surface area contributed by atoms with Crippen LogP contribution in [0.25, 0.3) is 0 Å². The molecule has 4 heteroatoms. The molecule has 0 heterocycles. The third-order valence-electron chi connectivity index (χ3n) is 1.09. The van der Waals surface area contributed by atoms with Crippen LogP contribution in [0.3, 0.4) is 0 Å². The molecule has 1 atom stereocenters. The van der Waals surface area contributed by atoms with Crippen molar-refractivity contribution in [1.29, 1.82) is 0 Å². The second-order valence-electron chi connectivity index (χ2n) is 2.19. The monoisotopic (exact) mass is 144 g/mol. The summed E-state index contributed by atoms with van der Waals surface area (Å²) in [5.41, 5.74) is 10.3. The van der Waals surface area contributed by atoms with Gasteiger partial charge in [-0.05, 0) is 6.92 Å². The molecule has 0 amide bonds. The first-order chi connectivity index (χ1) is 4.57. The molecule has 58 valence electrons. The average molecular weight is 144 g/mol. The predicted molar refractivity (Wildman–Crippen MR) is 37.3 cm³/mol. The highest BCUT2D eigenvalue weighted by Gasteiger charge is 2.12. The minimum absolute atomic E-state index is 0.0988. The van der Waals surface area contributed by atoms with Gasteiger partial charge in [-0.2, -0.15) is 0 Å². The smallest absolute Gasteiger partial charge is 0.158 e. The lowest BCUT2D eigenvalue weighted by Crippen LogP contribution is -2.38. The number of carbonyl (C=O) groups excluding carboxylic acids is 2. The fraction of sp³-hybridized carbons (Fsp3) is 0.667. The fourth-order valence-corrected chi connectivity index (χ4v) is 0.508. The van der Waals surface area contributed by atoms with Gasteiger partial charge in [-0.3, -0.25) is 9.59 Å². The van der Waals surface area contributed by atoms with E-state index in [2.05, 4.69) is 0 Å². The Bertz CT molecular complexity index is 145. The molecule has 0 aliphatic carbocycles. The molecule has 4 nitrogen and oxygen atoms in total. The van der Waals surface area contributed by atoms with Crippen LogP contribution >= 0.6 is 0 Å². The summed E-state index contributed by atoms with van der Waals surface area (Å²) < 4.78 is 0. The molecule has 0 aromatic heterocycles. The number of hydrogen-bond donors (Lipinski definition) is 2. The molecule has 0 aromatic carbocycles. The van der Waals surface area contributed by atoms with Crippen LogP contribution in [0.1, 0.15) is 13.3 Å². The zero-order valence-corrected chi connectivity index (χ0v) is 5.96. The van der Waals surface area contributed by atoms with Gasteiger partial charge in [0.1, 0.15) is 5.78 Å². The zero-order chi connectivity index (χ0) is 8.15. The van der Waals surface area contributed by atoms with E-state index in [0.717, 1.165) is 0 Å². The van der Waals surface area contributed by atoms with Crippen molar-refractivity contribution in [3.8, 4) is 0 Å². The number of ketones is 2. The second-order valence-corrected chi connectivity index (χ2v) is 2.19. The number of hydrogen-bond acceptors (Lipinski definition) is 4. The van der Waals surface area contributed by atoms with Crippen molar-refractivity contribution < 1.29 is 9.59 Å². The fourth-order valence-electron chi connectivity index (χ4n) is 0.508. The molecule has 0 saturated heterocycles. The van der Waals surface area contributed by atoms with Crippen molar-refractivity contribution >= 4 is 11.6 Å². The first kappa shape index (κ1) is 9.26. The molecular weight excluding hydrogens is 132 g/mol. The van der Waals surface area contributed by atoms with Gasteiger partial charge in [0.25, 0.3) is 0 Å². The van der Waals surface area contributed by atoms with Crippen LogP contribution < -0.4 is 11.5 Å². The molecule has 0 rings (SSSR count). The molecule has 0 fully saturated rings. The highest BCUT2D eigenvalue weighted by Crippen LogP contribution is 1.87. The Morgan fingerprint density at radius 3 is 2.30 bits per heavy atom. The van der Waals surface area contributed by atoms with Crippen LogP contribution in [0.5, 0.6) is 0 Å². The zero-order valence-electron chi connectivity index (χ0n) is 5.96. The summed E-state index contributed by atoms with van der Waals surface area (Å²) >= 11 is 0. The van der Waals surface area contributed by atoms with E-state index in [4.69, 9.17) is 11.5 Å². The number of rotatable bonds is 4. The van der Waals surface area contributed by atoms with Crippen LogP contribution in [0.2, 0.25) is 0 Å². The van der Waals surface area contributed by atoms with Gasteiger partial charge in [-0.25, -0.2) is 0 Å². The van der Waals surface area contributed by atoms with E-state index in [-0.39, 0.29) is 24.5 Å². The van der Waals surface area contributed by atoms with Crippen molar-refractivity contribution in [2.24, 2.45) is 11.5 Å². The van der Waals surface area contributed by atoms with Crippen LogP contribution in [0.4, 0.5) is 0 Å². The van der Waals surface area contributed by atoms with Crippen LogP contribution in [-0.2, 0) is 9.59 Å². The van der Waals surface area contributed by atoms with Crippen LogP contribution in [0.15, 0.2) is 0 Å². The normalized spacial score (nSPS) is 12.7.